The summed E-state index contributed by atoms with van der Waals surface area (Å²) in [4.78, 5) is 14.1. The minimum atomic E-state index is 0.262. The van der Waals surface area contributed by atoms with E-state index in [9.17, 15) is 4.79 Å². The van der Waals surface area contributed by atoms with Crippen LogP contribution < -0.4 is 0 Å². The van der Waals surface area contributed by atoms with Crippen LogP contribution in [0.3, 0.4) is 0 Å². The molecule has 0 aliphatic carbocycles. The van der Waals surface area contributed by atoms with Crippen LogP contribution in [0.25, 0.3) is 0 Å². The van der Waals surface area contributed by atoms with Crippen molar-refractivity contribution in [3.63, 3.8) is 0 Å². The van der Waals surface area contributed by atoms with Crippen molar-refractivity contribution < 1.29 is 4.79 Å². The van der Waals surface area contributed by atoms with Crippen LogP contribution in [0, 0.1) is 5.92 Å². The number of carbonyl (C=O) groups is 1. The minimum absolute atomic E-state index is 0.262. The lowest BCUT2D eigenvalue weighted by atomic mass is 10.1. The average Bonchev–Trinajstić information content (AvgIpc) is 2.48. The van der Waals surface area contributed by atoms with Crippen LogP contribution in [0.15, 0.2) is 0 Å². The van der Waals surface area contributed by atoms with Crippen LogP contribution >= 0.6 is 0 Å². The Kier molecular flexibility index (Phi) is 7.30. The number of carbonyl (C=O) groups excluding carboxylic acids is 1. The average molecular weight is 239 g/mol. The van der Waals surface area contributed by atoms with Gasteiger partial charge in [-0.3, -0.25) is 4.79 Å². The zero-order chi connectivity index (χ0) is 12.5. The summed E-state index contributed by atoms with van der Waals surface area (Å²) in [5.41, 5.74) is 0. The van der Waals surface area contributed by atoms with Crippen LogP contribution in [0.1, 0.15) is 71.6 Å². The highest BCUT2D eigenvalue weighted by Crippen LogP contribution is 2.18. The molecule has 1 heterocycles. The lowest BCUT2D eigenvalue weighted by molar-refractivity contribution is -0.134. The molecule has 2 nitrogen and oxygen atoms in total. The predicted octanol–water partition coefficient (Wildman–Crippen LogP) is 4.00. The number of amides is 1. The number of hydrogen-bond acceptors (Lipinski definition) is 1. The Morgan fingerprint density at radius 3 is 2.59 bits per heavy atom. The molecule has 0 N–H and O–H groups in total. The molecule has 0 saturated carbocycles. The molecule has 0 aromatic carbocycles. The van der Waals surface area contributed by atoms with E-state index in [4.69, 9.17) is 0 Å². The summed E-state index contributed by atoms with van der Waals surface area (Å²) in [7, 11) is 0. The van der Waals surface area contributed by atoms with E-state index in [2.05, 4.69) is 18.7 Å². The molecule has 100 valence electrons. The molecule has 17 heavy (non-hydrogen) atoms. The largest absolute Gasteiger partial charge is 0.342 e. The molecular formula is C15H29NO. The second-order valence-electron chi connectivity index (χ2n) is 5.49. The summed E-state index contributed by atoms with van der Waals surface area (Å²) in [5, 5.41) is 0. The molecule has 1 amide bonds. The second kappa shape index (κ2) is 8.54. The van der Waals surface area contributed by atoms with Crippen LogP contribution in [-0.4, -0.2) is 23.9 Å². The molecule has 0 aromatic rings. The van der Waals surface area contributed by atoms with E-state index >= 15 is 0 Å². The Bertz CT molecular complexity index is 215. The fraction of sp³-hybridized carbons (Fsp3) is 0.933. The van der Waals surface area contributed by atoms with E-state index < -0.39 is 0 Å². The van der Waals surface area contributed by atoms with Crippen molar-refractivity contribution in [2.45, 2.75) is 71.6 Å². The van der Waals surface area contributed by atoms with Crippen molar-refractivity contribution in [1.82, 2.24) is 4.90 Å². The number of rotatable bonds is 7. The summed E-state index contributed by atoms with van der Waals surface area (Å²) in [5.74, 6) is 0.661. The Morgan fingerprint density at radius 1 is 1.12 bits per heavy atom. The van der Waals surface area contributed by atoms with Gasteiger partial charge in [-0.15, -0.1) is 0 Å². The standard InChI is InChI=1S/C15H29NO/c1-3-4-5-6-7-9-12-16-13-10-8-11-14(2)15(16)17/h14H,3-13H2,1-2H3. The molecule has 1 atom stereocenters. The van der Waals surface area contributed by atoms with Crippen molar-refractivity contribution >= 4 is 5.91 Å². The zero-order valence-corrected chi connectivity index (χ0v) is 11.7. The van der Waals surface area contributed by atoms with Gasteiger partial charge in [0.2, 0.25) is 5.91 Å². The number of nitrogens with zero attached hydrogens (tertiary/aromatic N) is 1. The monoisotopic (exact) mass is 239 g/mol. The van der Waals surface area contributed by atoms with Crippen LogP contribution in [0.5, 0.6) is 0 Å². The van der Waals surface area contributed by atoms with Gasteiger partial charge in [-0.2, -0.15) is 0 Å². The SMILES string of the molecule is CCCCCCCCN1CCCCC(C)C1=O. The van der Waals surface area contributed by atoms with Gasteiger partial charge in [-0.05, 0) is 19.3 Å². The van der Waals surface area contributed by atoms with Gasteiger partial charge in [-0.25, -0.2) is 0 Å². The summed E-state index contributed by atoms with van der Waals surface area (Å²) >= 11 is 0. The maximum absolute atomic E-state index is 12.0. The van der Waals surface area contributed by atoms with Crippen molar-refractivity contribution in [1.29, 1.82) is 0 Å². The van der Waals surface area contributed by atoms with Crippen molar-refractivity contribution in [3.05, 3.63) is 0 Å². The third-order valence-electron chi connectivity index (χ3n) is 3.83. The molecule has 1 rings (SSSR count). The van der Waals surface area contributed by atoms with Gasteiger partial charge in [0.05, 0.1) is 0 Å². The van der Waals surface area contributed by atoms with E-state index in [1.54, 1.807) is 0 Å². The Balaban J connectivity index is 2.14. The Hall–Kier alpha value is -0.530. The Labute approximate surface area is 107 Å². The quantitative estimate of drug-likeness (QED) is 0.615. The molecule has 0 spiro atoms. The normalized spacial score (nSPS) is 21.6. The van der Waals surface area contributed by atoms with E-state index in [1.807, 2.05) is 0 Å². The minimum Gasteiger partial charge on any atom is -0.342 e. The zero-order valence-electron chi connectivity index (χ0n) is 11.7. The molecule has 0 bridgehead atoms. The number of hydrogen-bond donors (Lipinski definition) is 0. The van der Waals surface area contributed by atoms with Crippen molar-refractivity contribution in [2.24, 2.45) is 5.92 Å². The topological polar surface area (TPSA) is 20.3 Å². The van der Waals surface area contributed by atoms with E-state index in [0.29, 0.717) is 5.91 Å². The first-order valence-electron chi connectivity index (χ1n) is 7.54. The summed E-state index contributed by atoms with van der Waals surface area (Å²) < 4.78 is 0. The molecule has 0 aromatic heterocycles. The lowest BCUT2D eigenvalue weighted by Gasteiger charge is -2.22. The van der Waals surface area contributed by atoms with Gasteiger partial charge in [-0.1, -0.05) is 52.4 Å². The van der Waals surface area contributed by atoms with E-state index in [-0.39, 0.29) is 5.92 Å². The third kappa shape index (κ3) is 5.56. The highest BCUT2D eigenvalue weighted by molar-refractivity contribution is 5.78. The van der Waals surface area contributed by atoms with Gasteiger partial charge in [0.15, 0.2) is 0 Å². The highest BCUT2D eigenvalue weighted by atomic mass is 16.2. The first-order chi connectivity index (χ1) is 8.25. The number of unbranched alkanes of at least 4 members (excludes halogenated alkanes) is 5. The van der Waals surface area contributed by atoms with Gasteiger partial charge < -0.3 is 4.90 Å². The smallest absolute Gasteiger partial charge is 0.225 e. The van der Waals surface area contributed by atoms with Crippen molar-refractivity contribution in [2.75, 3.05) is 13.1 Å². The van der Waals surface area contributed by atoms with Gasteiger partial charge in [0.1, 0.15) is 0 Å². The molecule has 1 saturated heterocycles. The molecule has 0 radical (unpaired) electrons. The fourth-order valence-electron chi connectivity index (χ4n) is 2.60. The summed E-state index contributed by atoms with van der Waals surface area (Å²) in [6, 6.07) is 0. The first kappa shape index (κ1) is 14.5. The fourth-order valence-corrected chi connectivity index (χ4v) is 2.60. The predicted molar refractivity (Wildman–Crippen MR) is 73.0 cm³/mol. The maximum Gasteiger partial charge on any atom is 0.225 e. The Morgan fingerprint density at radius 2 is 1.82 bits per heavy atom. The molecular weight excluding hydrogens is 210 g/mol. The maximum atomic E-state index is 12.0. The van der Waals surface area contributed by atoms with Crippen LogP contribution in [-0.2, 0) is 4.79 Å². The van der Waals surface area contributed by atoms with Gasteiger partial charge in [0, 0.05) is 19.0 Å². The van der Waals surface area contributed by atoms with E-state index in [0.717, 1.165) is 19.5 Å². The lowest BCUT2D eigenvalue weighted by Crippen LogP contribution is -2.34. The molecule has 1 unspecified atom stereocenters. The summed E-state index contributed by atoms with van der Waals surface area (Å²) in [6.07, 6.45) is 11.4. The molecule has 1 fully saturated rings. The third-order valence-corrected chi connectivity index (χ3v) is 3.83. The summed E-state index contributed by atoms with van der Waals surface area (Å²) in [6.45, 7) is 6.33. The van der Waals surface area contributed by atoms with Crippen LogP contribution in [0.2, 0.25) is 0 Å². The highest BCUT2D eigenvalue weighted by Gasteiger charge is 2.22. The second-order valence-corrected chi connectivity index (χ2v) is 5.49. The van der Waals surface area contributed by atoms with Crippen molar-refractivity contribution in [3.8, 4) is 0 Å². The molecule has 2 heteroatoms. The number of likely N-dealkylation sites (tertiary alicyclic amines) is 1. The van der Waals surface area contributed by atoms with Crippen LogP contribution in [0.4, 0.5) is 0 Å². The van der Waals surface area contributed by atoms with Gasteiger partial charge in [0.25, 0.3) is 0 Å². The first-order valence-corrected chi connectivity index (χ1v) is 7.54. The molecule has 1 aliphatic heterocycles. The van der Waals surface area contributed by atoms with E-state index in [1.165, 1.54) is 51.4 Å². The van der Waals surface area contributed by atoms with Gasteiger partial charge >= 0.3 is 0 Å². The molecule has 1 aliphatic rings.